The van der Waals surface area contributed by atoms with Crippen LogP contribution in [0.25, 0.3) is 0 Å². The number of halogens is 1. The Hall–Kier alpha value is -2.34. The quantitative estimate of drug-likeness (QED) is 0.753. The summed E-state index contributed by atoms with van der Waals surface area (Å²) in [7, 11) is 0. The van der Waals surface area contributed by atoms with Gasteiger partial charge in [-0.3, -0.25) is 14.5 Å². The number of carbonyl (C=O) groups excluding carboxylic acids is 2. The van der Waals surface area contributed by atoms with Gasteiger partial charge in [0, 0.05) is 4.47 Å². The van der Waals surface area contributed by atoms with Crippen molar-refractivity contribution in [2.75, 3.05) is 18.1 Å². The Balaban J connectivity index is 1.52. The molecule has 1 atom stereocenters. The first-order valence-corrected chi connectivity index (χ1v) is 10.5. The topological polar surface area (TPSA) is 58.6 Å². The van der Waals surface area contributed by atoms with Crippen LogP contribution in [0.15, 0.2) is 53.0 Å². The second kappa shape index (κ2) is 8.35. The van der Waals surface area contributed by atoms with Crippen LogP contribution < -0.4 is 15.0 Å². The first-order chi connectivity index (χ1) is 13.6. The summed E-state index contributed by atoms with van der Waals surface area (Å²) in [5.74, 6) is 0.846. The van der Waals surface area contributed by atoms with Gasteiger partial charge in [0.05, 0.1) is 24.8 Å². The molecule has 0 saturated heterocycles. The van der Waals surface area contributed by atoms with Crippen LogP contribution in [-0.4, -0.2) is 25.0 Å². The van der Waals surface area contributed by atoms with Crippen molar-refractivity contribution < 1.29 is 14.3 Å². The molecule has 2 aromatic rings. The maximum absolute atomic E-state index is 12.9. The highest BCUT2D eigenvalue weighted by atomic mass is 79.9. The Morgan fingerprint density at radius 1 is 1.18 bits per heavy atom. The third-order valence-corrected chi connectivity index (χ3v) is 6.03. The first kappa shape index (κ1) is 19.0. The van der Waals surface area contributed by atoms with Crippen LogP contribution in [0, 0.1) is 5.92 Å². The fraction of sp³-hybridized carbons (Fsp3) is 0.364. The predicted molar refractivity (Wildman–Crippen MR) is 111 cm³/mol. The van der Waals surface area contributed by atoms with Gasteiger partial charge in [-0.15, -0.1) is 0 Å². The third kappa shape index (κ3) is 4.07. The number of para-hydroxylation sites is 2. The molecule has 2 aromatic carbocycles. The zero-order chi connectivity index (χ0) is 19.5. The van der Waals surface area contributed by atoms with Crippen LogP contribution in [0.2, 0.25) is 0 Å². The molecule has 1 fully saturated rings. The molecule has 1 heterocycles. The lowest BCUT2D eigenvalue weighted by atomic mass is 9.77. The predicted octanol–water partition coefficient (Wildman–Crippen LogP) is 4.22. The van der Waals surface area contributed by atoms with E-state index in [4.69, 9.17) is 4.74 Å². The summed E-state index contributed by atoms with van der Waals surface area (Å²) in [5, 5.41) is 3.18. The number of nitrogens with one attached hydrogen (secondary N) is 1. The van der Waals surface area contributed by atoms with Crippen LogP contribution in [-0.2, 0) is 9.59 Å². The summed E-state index contributed by atoms with van der Waals surface area (Å²) in [6.07, 6.45) is 3.68. The van der Waals surface area contributed by atoms with E-state index < -0.39 is 0 Å². The van der Waals surface area contributed by atoms with Crippen molar-refractivity contribution in [2.24, 2.45) is 5.92 Å². The summed E-state index contributed by atoms with van der Waals surface area (Å²) in [6, 6.07) is 15.4. The normalized spacial score (nSPS) is 17.8. The third-order valence-electron chi connectivity index (χ3n) is 5.50. The average molecular weight is 443 g/mol. The van der Waals surface area contributed by atoms with Crippen LogP contribution >= 0.6 is 15.9 Å². The maximum atomic E-state index is 12.9. The lowest BCUT2D eigenvalue weighted by molar-refractivity contribution is -0.124. The highest BCUT2D eigenvalue weighted by molar-refractivity contribution is 9.10. The molecular weight excluding hydrogens is 420 g/mol. The molecule has 0 aromatic heterocycles. The number of benzene rings is 2. The molecule has 1 aliphatic carbocycles. The minimum Gasteiger partial charge on any atom is -0.491 e. The van der Waals surface area contributed by atoms with Gasteiger partial charge in [0.2, 0.25) is 11.8 Å². The van der Waals surface area contributed by atoms with E-state index in [1.165, 1.54) is 11.3 Å². The fourth-order valence-electron chi connectivity index (χ4n) is 3.77. The highest BCUT2D eigenvalue weighted by Gasteiger charge is 2.31. The second-order valence-corrected chi connectivity index (χ2v) is 8.25. The van der Waals surface area contributed by atoms with Crippen molar-refractivity contribution in [1.29, 1.82) is 0 Å². The number of rotatable bonds is 5. The average Bonchev–Trinajstić information content (AvgIpc) is 2.80. The minimum atomic E-state index is -0.148. The lowest BCUT2D eigenvalue weighted by Crippen LogP contribution is -2.44. The molecular formula is C22H23BrN2O3. The summed E-state index contributed by atoms with van der Waals surface area (Å²) in [4.78, 5) is 27.0. The van der Waals surface area contributed by atoms with E-state index in [-0.39, 0.29) is 30.8 Å². The lowest BCUT2D eigenvalue weighted by Gasteiger charge is -2.35. The van der Waals surface area contributed by atoms with Gasteiger partial charge in [-0.25, -0.2) is 0 Å². The van der Waals surface area contributed by atoms with Crippen molar-refractivity contribution in [3.8, 4) is 5.75 Å². The Morgan fingerprint density at radius 3 is 2.64 bits per heavy atom. The van der Waals surface area contributed by atoms with Crippen molar-refractivity contribution in [3.05, 3.63) is 58.6 Å². The van der Waals surface area contributed by atoms with Gasteiger partial charge < -0.3 is 10.1 Å². The van der Waals surface area contributed by atoms with Gasteiger partial charge in [0.1, 0.15) is 12.3 Å². The number of nitrogens with zero attached hydrogens (tertiary/aromatic N) is 1. The Bertz CT molecular complexity index is 864. The van der Waals surface area contributed by atoms with Crippen molar-refractivity contribution >= 4 is 33.4 Å². The molecule has 146 valence electrons. The zero-order valence-corrected chi connectivity index (χ0v) is 17.2. The van der Waals surface area contributed by atoms with E-state index in [9.17, 15) is 9.59 Å². The summed E-state index contributed by atoms with van der Waals surface area (Å²) in [5.41, 5.74) is 1.76. The van der Waals surface area contributed by atoms with Crippen molar-refractivity contribution in [1.82, 2.24) is 5.32 Å². The number of carbonyl (C=O) groups is 2. The van der Waals surface area contributed by atoms with Crippen LogP contribution in [0.5, 0.6) is 5.75 Å². The second-order valence-electron chi connectivity index (χ2n) is 7.33. The molecule has 5 nitrogen and oxygen atoms in total. The molecule has 1 N–H and O–H groups in total. The highest BCUT2D eigenvalue weighted by Crippen LogP contribution is 2.38. The minimum absolute atomic E-state index is 0.00104. The van der Waals surface area contributed by atoms with Crippen LogP contribution in [0.4, 0.5) is 5.69 Å². The molecule has 0 spiro atoms. The van der Waals surface area contributed by atoms with Gasteiger partial charge in [-0.1, -0.05) is 46.6 Å². The number of ether oxygens (including phenoxy) is 1. The zero-order valence-electron chi connectivity index (χ0n) is 15.6. The van der Waals surface area contributed by atoms with Gasteiger partial charge in [0.25, 0.3) is 0 Å². The smallest absolute Gasteiger partial charge is 0.240 e. The Morgan fingerprint density at radius 2 is 1.93 bits per heavy atom. The summed E-state index contributed by atoms with van der Waals surface area (Å²) in [6.45, 7) is 0.330. The largest absolute Gasteiger partial charge is 0.491 e. The van der Waals surface area contributed by atoms with Gasteiger partial charge >= 0.3 is 0 Å². The van der Waals surface area contributed by atoms with E-state index in [0.717, 1.165) is 22.9 Å². The Labute approximate surface area is 173 Å². The summed E-state index contributed by atoms with van der Waals surface area (Å²) >= 11 is 3.47. The van der Waals surface area contributed by atoms with Gasteiger partial charge in [0.15, 0.2) is 0 Å². The van der Waals surface area contributed by atoms with Crippen molar-refractivity contribution in [3.63, 3.8) is 0 Å². The van der Waals surface area contributed by atoms with E-state index in [2.05, 4.69) is 21.2 Å². The molecule has 4 rings (SSSR count). The fourth-order valence-corrected chi connectivity index (χ4v) is 4.04. The van der Waals surface area contributed by atoms with E-state index in [0.29, 0.717) is 24.0 Å². The molecule has 6 heteroatoms. The molecule has 2 aliphatic rings. The molecule has 1 saturated carbocycles. The van der Waals surface area contributed by atoms with E-state index in [1.807, 2.05) is 48.5 Å². The standard InChI is InChI=1S/C22H23BrN2O3/c23-17-10-8-16(9-11-17)22(15-4-3-5-15)24-20(26)14-25-18-6-1-2-7-19(18)28-13-12-21(25)27/h1-2,6-11,15,22H,3-5,12-14H2,(H,24,26). The van der Waals surface area contributed by atoms with Crippen LogP contribution in [0.1, 0.15) is 37.3 Å². The number of fused-ring (bicyclic) bond motifs is 1. The Kier molecular flexibility index (Phi) is 5.67. The number of hydrogen-bond acceptors (Lipinski definition) is 3. The maximum Gasteiger partial charge on any atom is 0.240 e. The summed E-state index contributed by atoms with van der Waals surface area (Å²) < 4.78 is 6.67. The molecule has 28 heavy (non-hydrogen) atoms. The monoisotopic (exact) mass is 442 g/mol. The number of hydrogen-bond donors (Lipinski definition) is 1. The number of anilines is 1. The SMILES string of the molecule is O=C(CN1C(=O)CCOc2ccccc21)NC(c1ccc(Br)cc1)C1CCC1. The van der Waals surface area contributed by atoms with E-state index >= 15 is 0 Å². The van der Waals surface area contributed by atoms with E-state index in [1.54, 1.807) is 0 Å². The molecule has 0 radical (unpaired) electrons. The number of amides is 2. The molecule has 1 aliphatic heterocycles. The van der Waals surface area contributed by atoms with Gasteiger partial charge in [-0.2, -0.15) is 0 Å². The molecule has 2 amide bonds. The molecule has 0 bridgehead atoms. The van der Waals surface area contributed by atoms with Gasteiger partial charge in [-0.05, 0) is 48.6 Å². The van der Waals surface area contributed by atoms with Crippen molar-refractivity contribution in [2.45, 2.75) is 31.7 Å². The molecule has 1 unspecified atom stereocenters. The first-order valence-electron chi connectivity index (χ1n) is 9.69. The van der Waals surface area contributed by atoms with Crippen LogP contribution in [0.3, 0.4) is 0 Å².